The van der Waals surface area contributed by atoms with Crippen molar-refractivity contribution < 1.29 is 0 Å². The molecule has 0 aliphatic carbocycles. The molecule has 2 rings (SSSR count). The smallest absolute Gasteiger partial charge is 0.0109 e. The van der Waals surface area contributed by atoms with E-state index in [0.29, 0.717) is 0 Å². The van der Waals surface area contributed by atoms with Gasteiger partial charge in [-0.25, -0.2) is 0 Å². The van der Waals surface area contributed by atoms with Gasteiger partial charge < -0.3 is 0 Å². The van der Waals surface area contributed by atoms with Gasteiger partial charge >= 0.3 is 0 Å². The maximum absolute atomic E-state index is 2.25. The van der Waals surface area contributed by atoms with Crippen LogP contribution in [0.1, 0.15) is 27.2 Å². The van der Waals surface area contributed by atoms with Crippen molar-refractivity contribution in [2.24, 2.45) is 0 Å². The standard InChI is InChI=1S/C18H20/c1-4-9-14(5-2)18-13-12-15-10-7-8-11-17(15)16(18)6-3/h4,6-13H,5H2,1-3H3/b9-4-,16-6-,18-14+. The third-order valence-electron chi connectivity index (χ3n) is 3.35. The molecule has 0 nitrogen and oxygen atoms in total. The van der Waals surface area contributed by atoms with Crippen LogP contribution in [0.2, 0.25) is 0 Å². The summed E-state index contributed by atoms with van der Waals surface area (Å²) in [6.45, 7) is 6.41. The van der Waals surface area contributed by atoms with Gasteiger partial charge in [-0.2, -0.15) is 0 Å². The van der Waals surface area contributed by atoms with E-state index in [1.165, 1.54) is 26.8 Å². The quantitative estimate of drug-likeness (QED) is 0.744. The van der Waals surface area contributed by atoms with E-state index in [2.05, 4.69) is 75.4 Å². The van der Waals surface area contributed by atoms with E-state index >= 15 is 0 Å². The molecule has 0 spiro atoms. The number of fused-ring (bicyclic) bond motifs is 1. The van der Waals surface area contributed by atoms with E-state index in [9.17, 15) is 0 Å². The fourth-order valence-electron chi connectivity index (χ4n) is 2.49. The van der Waals surface area contributed by atoms with Crippen molar-refractivity contribution in [3.63, 3.8) is 0 Å². The van der Waals surface area contributed by atoms with Gasteiger partial charge in [-0.3, -0.25) is 0 Å². The van der Waals surface area contributed by atoms with Crippen LogP contribution in [0.3, 0.4) is 0 Å². The Morgan fingerprint density at radius 1 is 1.06 bits per heavy atom. The van der Waals surface area contributed by atoms with Gasteiger partial charge in [0.1, 0.15) is 0 Å². The summed E-state index contributed by atoms with van der Waals surface area (Å²) in [5, 5.41) is 5.36. The van der Waals surface area contributed by atoms with Crippen molar-refractivity contribution in [1.29, 1.82) is 0 Å². The van der Waals surface area contributed by atoms with Gasteiger partial charge in [-0.05, 0) is 47.1 Å². The second-order valence-corrected chi connectivity index (χ2v) is 4.42. The van der Waals surface area contributed by atoms with Gasteiger partial charge in [0.15, 0.2) is 0 Å². The van der Waals surface area contributed by atoms with E-state index in [-0.39, 0.29) is 0 Å². The summed E-state index contributed by atoms with van der Waals surface area (Å²) in [6.07, 6.45) is 7.62. The molecule has 0 radical (unpaired) electrons. The van der Waals surface area contributed by atoms with E-state index in [1.807, 2.05) is 0 Å². The molecular weight excluding hydrogens is 216 g/mol. The zero-order valence-electron chi connectivity index (χ0n) is 11.4. The maximum Gasteiger partial charge on any atom is -0.0109 e. The van der Waals surface area contributed by atoms with Crippen LogP contribution >= 0.6 is 0 Å². The van der Waals surface area contributed by atoms with Crippen LogP contribution in [-0.4, -0.2) is 0 Å². The number of rotatable bonds is 2. The van der Waals surface area contributed by atoms with E-state index in [0.717, 1.165) is 6.42 Å². The molecule has 0 aliphatic heterocycles. The second kappa shape index (κ2) is 5.68. The Labute approximate surface area is 109 Å². The Morgan fingerprint density at radius 2 is 1.83 bits per heavy atom. The molecule has 0 N–H and O–H groups in total. The molecule has 0 unspecified atom stereocenters. The minimum absolute atomic E-state index is 1.06. The first-order valence-electron chi connectivity index (χ1n) is 6.61. The van der Waals surface area contributed by atoms with Gasteiger partial charge in [0.2, 0.25) is 0 Å². The SMILES string of the molecule is C\C=C/C(CC)=c1\ccc2ccccc2\c1=C\C. The van der Waals surface area contributed by atoms with Crippen LogP contribution in [0.4, 0.5) is 0 Å². The fourth-order valence-corrected chi connectivity index (χ4v) is 2.49. The zero-order valence-corrected chi connectivity index (χ0v) is 11.4. The lowest BCUT2D eigenvalue weighted by molar-refractivity contribution is 1.23. The largest absolute Gasteiger partial charge is 0.0874 e. The molecule has 18 heavy (non-hydrogen) atoms. The summed E-state index contributed by atoms with van der Waals surface area (Å²) in [4.78, 5) is 0. The number of benzene rings is 2. The average molecular weight is 236 g/mol. The third-order valence-corrected chi connectivity index (χ3v) is 3.35. The molecule has 2 aromatic carbocycles. The van der Waals surface area contributed by atoms with Crippen LogP contribution in [0.25, 0.3) is 22.4 Å². The highest BCUT2D eigenvalue weighted by molar-refractivity contribution is 5.84. The Hall–Kier alpha value is -1.82. The third kappa shape index (κ3) is 2.24. The molecule has 0 amide bonds. The first-order chi connectivity index (χ1) is 8.81. The van der Waals surface area contributed by atoms with E-state index in [1.54, 1.807) is 0 Å². The van der Waals surface area contributed by atoms with Crippen molar-refractivity contribution in [2.75, 3.05) is 0 Å². The van der Waals surface area contributed by atoms with Gasteiger partial charge in [0, 0.05) is 0 Å². The lowest BCUT2D eigenvalue weighted by atomic mass is 10.0. The first kappa shape index (κ1) is 12.6. The Morgan fingerprint density at radius 3 is 2.50 bits per heavy atom. The fraction of sp³-hybridized carbons (Fsp3) is 0.222. The molecule has 0 saturated carbocycles. The average Bonchev–Trinajstić information content (AvgIpc) is 2.43. The lowest BCUT2D eigenvalue weighted by Gasteiger charge is -2.03. The molecule has 0 heterocycles. The van der Waals surface area contributed by atoms with Crippen molar-refractivity contribution >= 4 is 22.4 Å². The predicted molar refractivity (Wildman–Crippen MR) is 81.9 cm³/mol. The minimum atomic E-state index is 1.06. The molecule has 0 aromatic heterocycles. The lowest BCUT2D eigenvalue weighted by Crippen LogP contribution is -2.27. The van der Waals surface area contributed by atoms with Gasteiger partial charge in [0.25, 0.3) is 0 Å². The Kier molecular flexibility index (Phi) is 3.99. The van der Waals surface area contributed by atoms with Crippen LogP contribution in [0, 0.1) is 0 Å². The molecule has 0 aliphatic rings. The molecule has 2 aromatic rings. The van der Waals surface area contributed by atoms with Crippen LogP contribution < -0.4 is 10.4 Å². The normalized spacial score (nSPS) is 14.5. The summed E-state index contributed by atoms with van der Waals surface area (Å²) in [7, 11) is 0. The monoisotopic (exact) mass is 236 g/mol. The van der Waals surface area contributed by atoms with Gasteiger partial charge in [-0.1, -0.05) is 61.5 Å². The van der Waals surface area contributed by atoms with Crippen molar-refractivity contribution in [2.45, 2.75) is 27.2 Å². The van der Waals surface area contributed by atoms with Crippen molar-refractivity contribution in [3.05, 3.63) is 59.0 Å². The number of hydrogen-bond acceptors (Lipinski definition) is 0. The highest BCUT2D eigenvalue weighted by atomic mass is 14.0. The zero-order chi connectivity index (χ0) is 13.0. The number of hydrogen-bond donors (Lipinski definition) is 0. The Balaban J connectivity index is 2.98. The topological polar surface area (TPSA) is 0 Å². The van der Waals surface area contributed by atoms with E-state index < -0.39 is 0 Å². The van der Waals surface area contributed by atoms with Gasteiger partial charge in [0.05, 0.1) is 0 Å². The van der Waals surface area contributed by atoms with Crippen LogP contribution in [0.15, 0.2) is 48.6 Å². The summed E-state index contributed by atoms with van der Waals surface area (Å²) < 4.78 is 0. The van der Waals surface area contributed by atoms with Crippen molar-refractivity contribution in [1.82, 2.24) is 0 Å². The number of allylic oxidation sites excluding steroid dienone is 2. The maximum atomic E-state index is 2.25. The molecule has 0 heteroatoms. The molecule has 0 fully saturated rings. The minimum Gasteiger partial charge on any atom is -0.0874 e. The summed E-state index contributed by atoms with van der Waals surface area (Å²) in [5.41, 5.74) is 1.40. The predicted octanol–water partition coefficient (Wildman–Crippen LogP) is 3.78. The highest BCUT2D eigenvalue weighted by Gasteiger charge is 1.98. The van der Waals surface area contributed by atoms with Crippen LogP contribution in [-0.2, 0) is 0 Å². The molecule has 0 saturated heterocycles. The summed E-state index contributed by atoms with van der Waals surface area (Å²) in [6, 6.07) is 13.1. The second-order valence-electron chi connectivity index (χ2n) is 4.42. The van der Waals surface area contributed by atoms with Crippen molar-refractivity contribution in [3.8, 4) is 0 Å². The molecule has 0 bridgehead atoms. The van der Waals surface area contributed by atoms with Crippen LogP contribution in [0.5, 0.6) is 0 Å². The van der Waals surface area contributed by atoms with Gasteiger partial charge in [-0.15, -0.1) is 0 Å². The molecular formula is C18H20. The highest BCUT2D eigenvalue weighted by Crippen LogP contribution is 2.08. The van der Waals surface area contributed by atoms with E-state index in [4.69, 9.17) is 0 Å². The summed E-state index contributed by atoms with van der Waals surface area (Å²) in [5.74, 6) is 0. The molecule has 92 valence electrons. The Bertz CT molecular complexity index is 688. The summed E-state index contributed by atoms with van der Waals surface area (Å²) >= 11 is 0. The first-order valence-corrected chi connectivity index (χ1v) is 6.61. The molecule has 0 atom stereocenters.